The number of amides is 1. The second kappa shape index (κ2) is 7.81. The summed E-state index contributed by atoms with van der Waals surface area (Å²) in [6, 6.07) is 9.44. The zero-order valence-electron chi connectivity index (χ0n) is 13.5. The predicted molar refractivity (Wildman–Crippen MR) is 87.7 cm³/mol. The first-order valence-electron chi connectivity index (χ1n) is 7.50. The van der Waals surface area contributed by atoms with Crippen LogP contribution in [0.4, 0.5) is 4.39 Å². The van der Waals surface area contributed by atoms with Crippen LogP contribution in [0.1, 0.15) is 40.0 Å². The smallest absolute Gasteiger partial charge is 0.265 e. The molecule has 2 aromatic rings. The molecule has 0 aromatic heterocycles. The topological polar surface area (TPSA) is 81.4 Å². The number of carbonyl (C=O) groups is 2. The molecule has 0 saturated heterocycles. The molecule has 0 bridgehead atoms. The molecule has 5 nitrogen and oxygen atoms in total. The van der Waals surface area contributed by atoms with E-state index in [9.17, 15) is 14.0 Å². The van der Waals surface area contributed by atoms with Crippen molar-refractivity contribution in [2.45, 2.75) is 19.4 Å². The van der Waals surface area contributed by atoms with Crippen LogP contribution in [-0.4, -0.2) is 18.8 Å². The van der Waals surface area contributed by atoms with Gasteiger partial charge in [-0.2, -0.15) is 0 Å². The maximum absolute atomic E-state index is 13.0. The van der Waals surface area contributed by atoms with Crippen LogP contribution < -0.4 is 11.2 Å². The largest absolute Gasteiger partial charge is 0.316 e. The zero-order valence-corrected chi connectivity index (χ0v) is 13.5. The lowest BCUT2D eigenvalue weighted by Crippen LogP contribution is -2.34. The van der Waals surface area contributed by atoms with Gasteiger partial charge < -0.3 is 5.73 Å². The molecule has 24 heavy (non-hydrogen) atoms. The SMILES string of the molecule is CCc1c(C(=O)c2ccc(F)cc2)cccc1C(N)C(=O)NOC. The van der Waals surface area contributed by atoms with Crippen molar-refractivity contribution in [3.05, 3.63) is 70.5 Å². The van der Waals surface area contributed by atoms with Crippen LogP contribution in [0.3, 0.4) is 0 Å². The van der Waals surface area contributed by atoms with Gasteiger partial charge in [0.2, 0.25) is 0 Å². The standard InChI is InChI=1S/C18H19FN2O3/c1-3-13-14(16(20)18(23)21-24-2)5-4-6-15(13)17(22)11-7-9-12(19)10-8-11/h4-10,16H,3,20H2,1-2H3,(H,21,23). The van der Waals surface area contributed by atoms with Gasteiger partial charge in [0.25, 0.3) is 5.91 Å². The molecule has 0 aliphatic rings. The summed E-state index contributed by atoms with van der Waals surface area (Å²) in [6.07, 6.45) is 0.520. The molecular weight excluding hydrogens is 311 g/mol. The Balaban J connectivity index is 2.44. The monoisotopic (exact) mass is 330 g/mol. The molecule has 0 aliphatic carbocycles. The van der Waals surface area contributed by atoms with Crippen molar-refractivity contribution in [2.24, 2.45) is 5.73 Å². The first kappa shape index (κ1) is 17.8. The summed E-state index contributed by atoms with van der Waals surface area (Å²) in [5, 5.41) is 0. The van der Waals surface area contributed by atoms with Gasteiger partial charge in [0, 0.05) is 11.1 Å². The highest BCUT2D eigenvalue weighted by molar-refractivity contribution is 6.10. The molecule has 126 valence electrons. The number of hydrogen-bond donors (Lipinski definition) is 2. The number of halogens is 1. The van der Waals surface area contributed by atoms with Crippen molar-refractivity contribution in [3.63, 3.8) is 0 Å². The summed E-state index contributed by atoms with van der Waals surface area (Å²) in [4.78, 5) is 29.2. The molecule has 3 N–H and O–H groups in total. The molecule has 0 radical (unpaired) electrons. The number of hydroxylamine groups is 1. The summed E-state index contributed by atoms with van der Waals surface area (Å²) in [5.74, 6) is -1.15. The van der Waals surface area contributed by atoms with Gasteiger partial charge in [-0.1, -0.05) is 25.1 Å². The molecule has 1 atom stereocenters. The van der Waals surface area contributed by atoms with Gasteiger partial charge in [0.15, 0.2) is 5.78 Å². The highest BCUT2D eigenvalue weighted by Crippen LogP contribution is 2.24. The summed E-state index contributed by atoms with van der Waals surface area (Å²) < 4.78 is 13.0. The van der Waals surface area contributed by atoms with Gasteiger partial charge in [0.05, 0.1) is 7.11 Å². The van der Waals surface area contributed by atoms with Crippen LogP contribution in [0.25, 0.3) is 0 Å². The fourth-order valence-corrected chi connectivity index (χ4v) is 2.57. The molecule has 2 aromatic carbocycles. The number of carbonyl (C=O) groups excluding carboxylic acids is 2. The third-order valence-electron chi connectivity index (χ3n) is 3.74. The van der Waals surface area contributed by atoms with Crippen LogP contribution >= 0.6 is 0 Å². The highest BCUT2D eigenvalue weighted by atomic mass is 19.1. The zero-order chi connectivity index (χ0) is 17.7. The van der Waals surface area contributed by atoms with Gasteiger partial charge in [-0.05, 0) is 41.8 Å². The van der Waals surface area contributed by atoms with E-state index in [0.717, 1.165) is 0 Å². The molecule has 1 amide bonds. The average molecular weight is 330 g/mol. The molecule has 0 spiro atoms. The minimum Gasteiger partial charge on any atom is -0.316 e. The first-order chi connectivity index (χ1) is 11.5. The van der Waals surface area contributed by atoms with E-state index < -0.39 is 17.8 Å². The number of ketones is 1. The normalized spacial score (nSPS) is 11.8. The van der Waals surface area contributed by atoms with Gasteiger partial charge in [-0.15, -0.1) is 0 Å². The molecule has 0 fully saturated rings. The minimum absolute atomic E-state index is 0.243. The molecule has 0 aliphatic heterocycles. The Kier molecular flexibility index (Phi) is 5.78. The molecule has 1 unspecified atom stereocenters. The van der Waals surface area contributed by atoms with Gasteiger partial charge in [-0.25, -0.2) is 9.87 Å². The van der Waals surface area contributed by atoms with E-state index in [-0.39, 0.29) is 5.78 Å². The molecule has 6 heteroatoms. The van der Waals surface area contributed by atoms with E-state index in [4.69, 9.17) is 5.73 Å². The van der Waals surface area contributed by atoms with Crippen molar-refractivity contribution in [3.8, 4) is 0 Å². The predicted octanol–water partition coefficient (Wildman–Crippen LogP) is 2.30. The molecule has 0 saturated carbocycles. The van der Waals surface area contributed by atoms with E-state index in [1.54, 1.807) is 18.2 Å². The van der Waals surface area contributed by atoms with E-state index in [2.05, 4.69) is 10.3 Å². The van der Waals surface area contributed by atoms with Crippen molar-refractivity contribution >= 4 is 11.7 Å². The summed E-state index contributed by atoms with van der Waals surface area (Å²) in [6.45, 7) is 1.88. The summed E-state index contributed by atoms with van der Waals surface area (Å²) in [7, 11) is 1.32. The maximum Gasteiger partial charge on any atom is 0.265 e. The Labute approximate surface area is 139 Å². The fraction of sp³-hybridized carbons (Fsp3) is 0.222. The summed E-state index contributed by atoms with van der Waals surface area (Å²) >= 11 is 0. The van der Waals surface area contributed by atoms with Crippen molar-refractivity contribution in [1.82, 2.24) is 5.48 Å². The van der Waals surface area contributed by atoms with Crippen LogP contribution in [0.15, 0.2) is 42.5 Å². The Bertz CT molecular complexity index is 744. The number of benzene rings is 2. The first-order valence-corrected chi connectivity index (χ1v) is 7.50. The lowest BCUT2D eigenvalue weighted by molar-refractivity contribution is -0.132. The van der Waals surface area contributed by atoms with Crippen LogP contribution in [0.5, 0.6) is 0 Å². The number of hydrogen-bond acceptors (Lipinski definition) is 4. The molecule has 2 rings (SSSR count). The van der Waals surface area contributed by atoms with Crippen molar-refractivity contribution in [2.75, 3.05) is 7.11 Å². The maximum atomic E-state index is 13.0. The van der Waals surface area contributed by atoms with Gasteiger partial charge in [0.1, 0.15) is 11.9 Å². The number of nitrogens with two attached hydrogens (primary N) is 1. The quantitative estimate of drug-likeness (QED) is 0.629. The van der Waals surface area contributed by atoms with Crippen LogP contribution in [-0.2, 0) is 16.1 Å². The number of nitrogens with one attached hydrogen (secondary N) is 1. The second-order valence-electron chi connectivity index (χ2n) is 5.21. The lowest BCUT2D eigenvalue weighted by Gasteiger charge is -2.17. The fourth-order valence-electron chi connectivity index (χ4n) is 2.57. The molecule has 0 heterocycles. The third kappa shape index (κ3) is 3.67. The minimum atomic E-state index is -0.958. The Morgan fingerprint density at radius 3 is 2.46 bits per heavy atom. The Morgan fingerprint density at radius 1 is 1.21 bits per heavy atom. The Morgan fingerprint density at radius 2 is 1.88 bits per heavy atom. The van der Waals surface area contributed by atoms with Gasteiger partial charge in [-0.3, -0.25) is 14.4 Å². The van der Waals surface area contributed by atoms with E-state index >= 15 is 0 Å². The van der Waals surface area contributed by atoms with Crippen molar-refractivity contribution in [1.29, 1.82) is 0 Å². The van der Waals surface area contributed by atoms with E-state index in [1.807, 2.05) is 6.92 Å². The van der Waals surface area contributed by atoms with E-state index in [0.29, 0.717) is 28.7 Å². The lowest BCUT2D eigenvalue weighted by atomic mass is 9.90. The second-order valence-corrected chi connectivity index (χ2v) is 5.21. The van der Waals surface area contributed by atoms with Gasteiger partial charge >= 0.3 is 0 Å². The Hall–Kier alpha value is -2.57. The van der Waals surface area contributed by atoms with Crippen LogP contribution in [0, 0.1) is 5.82 Å². The highest BCUT2D eigenvalue weighted by Gasteiger charge is 2.22. The third-order valence-corrected chi connectivity index (χ3v) is 3.74. The average Bonchev–Trinajstić information content (AvgIpc) is 2.60. The van der Waals surface area contributed by atoms with E-state index in [1.165, 1.54) is 31.4 Å². The summed E-state index contributed by atoms with van der Waals surface area (Å²) in [5.41, 5.74) is 10.2. The number of rotatable bonds is 6. The molecular formula is C18H19FN2O3. The van der Waals surface area contributed by atoms with Crippen molar-refractivity contribution < 1.29 is 18.8 Å². The van der Waals surface area contributed by atoms with Crippen LogP contribution in [0.2, 0.25) is 0 Å².